The molecule has 0 aromatic carbocycles. The standard InChI is InChI=1S/C17H34N2.C8H18N2/c1-18-11-3-7-16(8-4-12-18)15-17-9-5-13-19(2)14-6-10-17;1-9-5-3-7-10(2)8-4-6-9/h16-17H,3-15H2,1-2H3;3-8H2,1-2H3. The van der Waals surface area contributed by atoms with Crippen molar-refractivity contribution in [2.75, 3.05) is 80.5 Å². The van der Waals surface area contributed by atoms with Gasteiger partial charge in [0.05, 0.1) is 0 Å². The van der Waals surface area contributed by atoms with Crippen LogP contribution in [0.15, 0.2) is 0 Å². The summed E-state index contributed by atoms with van der Waals surface area (Å²) < 4.78 is 0. The van der Waals surface area contributed by atoms with Crippen LogP contribution < -0.4 is 0 Å². The van der Waals surface area contributed by atoms with Gasteiger partial charge in [0, 0.05) is 0 Å². The van der Waals surface area contributed by atoms with E-state index in [0.717, 1.165) is 11.8 Å². The fourth-order valence-electron chi connectivity index (χ4n) is 5.50. The normalized spacial score (nSPS) is 26.9. The zero-order chi connectivity index (χ0) is 20.9. The van der Waals surface area contributed by atoms with Gasteiger partial charge in [0.2, 0.25) is 0 Å². The molecular formula is C25H52N4. The quantitative estimate of drug-likeness (QED) is 0.676. The maximum absolute atomic E-state index is 2.52. The topological polar surface area (TPSA) is 13.0 Å². The van der Waals surface area contributed by atoms with E-state index in [4.69, 9.17) is 0 Å². The Balaban J connectivity index is 0.000000253. The van der Waals surface area contributed by atoms with Gasteiger partial charge in [0.1, 0.15) is 0 Å². The van der Waals surface area contributed by atoms with Crippen molar-refractivity contribution in [2.45, 2.75) is 70.6 Å². The SMILES string of the molecule is CN1CCCC(CC2CCCN(C)CCC2)CCC1.CN1CCCN(C)CCC1. The third kappa shape index (κ3) is 11.7. The number of hydrogen-bond donors (Lipinski definition) is 0. The smallest absolute Gasteiger partial charge is 0.000959 e. The zero-order valence-electron chi connectivity index (χ0n) is 20.4. The molecule has 0 spiro atoms. The minimum Gasteiger partial charge on any atom is -0.306 e. The van der Waals surface area contributed by atoms with E-state index in [1.165, 1.54) is 123 Å². The molecule has 0 radical (unpaired) electrons. The molecule has 172 valence electrons. The lowest BCUT2D eigenvalue weighted by Gasteiger charge is -2.30. The summed E-state index contributed by atoms with van der Waals surface area (Å²) >= 11 is 0. The maximum atomic E-state index is 2.52. The molecule has 3 heterocycles. The second-order valence-corrected chi connectivity index (χ2v) is 10.5. The first-order chi connectivity index (χ1) is 14.0. The van der Waals surface area contributed by atoms with Crippen LogP contribution in [0.3, 0.4) is 0 Å². The molecule has 0 bridgehead atoms. The highest BCUT2D eigenvalue weighted by Gasteiger charge is 2.20. The number of likely N-dealkylation sites (tertiary alicyclic amines) is 2. The van der Waals surface area contributed by atoms with Gasteiger partial charge in [-0.1, -0.05) is 0 Å². The minimum atomic E-state index is 1.04. The van der Waals surface area contributed by atoms with Crippen molar-refractivity contribution < 1.29 is 0 Å². The fraction of sp³-hybridized carbons (Fsp3) is 1.00. The molecule has 3 aliphatic rings. The van der Waals surface area contributed by atoms with Gasteiger partial charge in [0.25, 0.3) is 0 Å². The monoisotopic (exact) mass is 408 g/mol. The Hall–Kier alpha value is -0.160. The molecule has 0 aliphatic carbocycles. The molecule has 3 aliphatic heterocycles. The molecule has 4 heteroatoms. The largest absolute Gasteiger partial charge is 0.306 e. The van der Waals surface area contributed by atoms with Gasteiger partial charge in [-0.25, -0.2) is 0 Å². The maximum Gasteiger partial charge on any atom is -0.000959 e. The van der Waals surface area contributed by atoms with Crippen LogP contribution in [-0.4, -0.2) is 100 Å². The predicted molar refractivity (Wildman–Crippen MR) is 128 cm³/mol. The van der Waals surface area contributed by atoms with Crippen LogP contribution in [0, 0.1) is 11.8 Å². The average Bonchev–Trinajstić information content (AvgIpc) is 2.63. The lowest BCUT2D eigenvalue weighted by molar-refractivity contribution is 0.209. The number of nitrogens with zero attached hydrogens (tertiary/aromatic N) is 4. The Bertz CT molecular complexity index is 338. The summed E-state index contributed by atoms with van der Waals surface area (Å²) in [4.78, 5) is 9.88. The summed E-state index contributed by atoms with van der Waals surface area (Å²) in [6.45, 7) is 10.4. The Morgan fingerprint density at radius 2 is 0.655 bits per heavy atom. The molecule has 0 atom stereocenters. The second-order valence-electron chi connectivity index (χ2n) is 10.5. The molecule has 29 heavy (non-hydrogen) atoms. The molecule has 0 unspecified atom stereocenters. The molecule has 0 aromatic rings. The van der Waals surface area contributed by atoms with Gasteiger partial charge in [-0.3, -0.25) is 0 Å². The zero-order valence-corrected chi connectivity index (χ0v) is 20.4. The van der Waals surface area contributed by atoms with E-state index in [1.54, 1.807) is 0 Å². The highest BCUT2D eigenvalue weighted by atomic mass is 15.1. The first-order valence-corrected chi connectivity index (χ1v) is 12.8. The van der Waals surface area contributed by atoms with Crippen molar-refractivity contribution in [2.24, 2.45) is 11.8 Å². The van der Waals surface area contributed by atoms with Crippen LogP contribution in [0.25, 0.3) is 0 Å². The van der Waals surface area contributed by atoms with E-state index in [9.17, 15) is 0 Å². The summed E-state index contributed by atoms with van der Waals surface area (Å²) in [5.74, 6) is 2.08. The van der Waals surface area contributed by atoms with E-state index < -0.39 is 0 Å². The van der Waals surface area contributed by atoms with E-state index >= 15 is 0 Å². The van der Waals surface area contributed by atoms with Crippen LogP contribution in [0.5, 0.6) is 0 Å². The van der Waals surface area contributed by atoms with E-state index in [-0.39, 0.29) is 0 Å². The van der Waals surface area contributed by atoms with E-state index in [0.29, 0.717) is 0 Å². The van der Waals surface area contributed by atoms with Gasteiger partial charge >= 0.3 is 0 Å². The number of rotatable bonds is 2. The van der Waals surface area contributed by atoms with Crippen molar-refractivity contribution in [3.8, 4) is 0 Å². The molecule has 3 fully saturated rings. The van der Waals surface area contributed by atoms with Crippen molar-refractivity contribution in [1.29, 1.82) is 0 Å². The lowest BCUT2D eigenvalue weighted by atomic mass is 9.82. The molecule has 0 saturated carbocycles. The molecule has 0 aromatic heterocycles. The predicted octanol–water partition coefficient (Wildman–Crippen LogP) is 4.26. The first kappa shape index (κ1) is 25.1. The molecule has 0 N–H and O–H groups in total. The fourth-order valence-corrected chi connectivity index (χ4v) is 5.50. The minimum absolute atomic E-state index is 1.04. The highest BCUT2D eigenvalue weighted by molar-refractivity contribution is 4.73. The molecule has 0 amide bonds. The molecule has 3 saturated heterocycles. The third-order valence-electron chi connectivity index (χ3n) is 7.43. The lowest BCUT2D eigenvalue weighted by Crippen LogP contribution is -2.32. The Labute approximate surface area is 183 Å². The molecule has 4 nitrogen and oxygen atoms in total. The van der Waals surface area contributed by atoms with Gasteiger partial charge in [-0.2, -0.15) is 0 Å². The van der Waals surface area contributed by atoms with Gasteiger partial charge in [-0.15, -0.1) is 0 Å². The highest BCUT2D eigenvalue weighted by Crippen LogP contribution is 2.30. The Morgan fingerprint density at radius 1 is 0.414 bits per heavy atom. The van der Waals surface area contributed by atoms with Gasteiger partial charge < -0.3 is 19.6 Å². The van der Waals surface area contributed by atoms with Crippen LogP contribution in [-0.2, 0) is 0 Å². The van der Waals surface area contributed by atoms with Gasteiger partial charge in [0.15, 0.2) is 0 Å². The van der Waals surface area contributed by atoms with Crippen LogP contribution in [0.1, 0.15) is 70.6 Å². The van der Waals surface area contributed by atoms with Crippen molar-refractivity contribution >= 4 is 0 Å². The third-order valence-corrected chi connectivity index (χ3v) is 7.43. The van der Waals surface area contributed by atoms with Crippen LogP contribution in [0.2, 0.25) is 0 Å². The Kier molecular flexibility index (Phi) is 12.8. The van der Waals surface area contributed by atoms with Crippen molar-refractivity contribution in [1.82, 2.24) is 19.6 Å². The van der Waals surface area contributed by atoms with Crippen LogP contribution >= 0.6 is 0 Å². The summed E-state index contributed by atoms with van der Waals surface area (Å²) in [6.07, 6.45) is 15.8. The average molecular weight is 409 g/mol. The second kappa shape index (κ2) is 14.8. The van der Waals surface area contributed by atoms with Crippen molar-refractivity contribution in [3.63, 3.8) is 0 Å². The van der Waals surface area contributed by atoms with E-state index in [2.05, 4.69) is 47.8 Å². The first-order valence-electron chi connectivity index (χ1n) is 12.8. The molecule has 3 rings (SSSR count). The summed E-state index contributed by atoms with van der Waals surface area (Å²) in [5.41, 5.74) is 0. The molecular weight excluding hydrogens is 356 g/mol. The van der Waals surface area contributed by atoms with Crippen LogP contribution in [0.4, 0.5) is 0 Å². The van der Waals surface area contributed by atoms with Crippen molar-refractivity contribution in [3.05, 3.63) is 0 Å². The summed E-state index contributed by atoms with van der Waals surface area (Å²) in [6, 6.07) is 0. The summed E-state index contributed by atoms with van der Waals surface area (Å²) in [7, 11) is 8.99. The number of hydrogen-bond acceptors (Lipinski definition) is 4. The van der Waals surface area contributed by atoms with Gasteiger partial charge in [-0.05, 0) is 163 Å². The van der Waals surface area contributed by atoms with E-state index in [1.807, 2.05) is 0 Å². The summed E-state index contributed by atoms with van der Waals surface area (Å²) in [5, 5.41) is 0. The Morgan fingerprint density at radius 3 is 0.931 bits per heavy atom.